The van der Waals surface area contributed by atoms with Crippen molar-refractivity contribution in [3.05, 3.63) is 0 Å². The van der Waals surface area contributed by atoms with Crippen LogP contribution in [0.5, 0.6) is 0 Å². The summed E-state index contributed by atoms with van der Waals surface area (Å²) in [6.45, 7) is 15.1. The normalized spacial score (nSPS) is 11.3. The maximum absolute atomic E-state index is 12.0. The number of carbonyl (C=O) groups excluding carboxylic acids is 2. The van der Waals surface area contributed by atoms with Crippen LogP contribution in [0.3, 0.4) is 0 Å². The van der Waals surface area contributed by atoms with Gasteiger partial charge in [0.25, 0.3) is 0 Å². The minimum Gasteiger partial charge on any atom is -0.466 e. The number of aldehydes is 1. The van der Waals surface area contributed by atoms with Crippen molar-refractivity contribution in [2.45, 2.75) is 259 Å². The molecule has 0 fully saturated rings. The van der Waals surface area contributed by atoms with Crippen LogP contribution >= 0.6 is 0 Å². The maximum Gasteiger partial charge on any atom is 0.305 e. The van der Waals surface area contributed by atoms with Crippen LogP contribution < -0.4 is 0 Å². The average molecular weight is 722 g/mol. The van der Waals surface area contributed by atoms with Crippen molar-refractivity contribution in [3.63, 3.8) is 0 Å². The molecule has 0 aromatic carbocycles. The number of esters is 1. The Labute approximate surface area is 322 Å². The van der Waals surface area contributed by atoms with Crippen LogP contribution in [-0.4, -0.2) is 43.4 Å². The van der Waals surface area contributed by atoms with E-state index in [1.54, 1.807) is 0 Å². The third-order valence-corrected chi connectivity index (χ3v) is 10.7. The molecule has 51 heavy (non-hydrogen) atoms. The van der Waals surface area contributed by atoms with E-state index in [-0.39, 0.29) is 5.97 Å². The Morgan fingerprint density at radius 1 is 0.451 bits per heavy atom. The molecule has 0 rings (SSSR count). The van der Waals surface area contributed by atoms with Crippen LogP contribution in [0.15, 0.2) is 0 Å². The van der Waals surface area contributed by atoms with Crippen molar-refractivity contribution >= 4 is 12.3 Å². The van der Waals surface area contributed by atoms with E-state index in [9.17, 15) is 4.79 Å². The molecule has 0 atom stereocenters. The van der Waals surface area contributed by atoms with Gasteiger partial charge in [-0.25, -0.2) is 0 Å². The highest BCUT2D eigenvalue weighted by Gasteiger charge is 2.10. The average Bonchev–Trinajstić information content (AvgIpc) is 3.13. The number of rotatable bonds is 41. The topological polar surface area (TPSA) is 46.6 Å². The summed E-state index contributed by atoms with van der Waals surface area (Å²) >= 11 is 0. The first-order valence-electron chi connectivity index (χ1n) is 23.4. The van der Waals surface area contributed by atoms with E-state index < -0.39 is 0 Å². The van der Waals surface area contributed by atoms with E-state index in [0.29, 0.717) is 13.0 Å². The number of unbranched alkanes of at least 4 members (excludes halogenated alkanes) is 25. The standard InChI is InChI=1S/C45H91NO2.C2H4O/c1-5-9-13-16-19-28-35-43-48-45(47)39-32-25-21-27-34-42-46(40-12-8-4)41-33-26-20-24-31-38-44(36-29-22-17-14-10-6-2)37-30-23-18-15-11-7-3;1-2-3/h44H,5-43H2,1-4H3;2H,1H3. The SMILES string of the molecule is CC=O.CCCCCCCCCOC(=O)CCCCCCCN(CCCC)CCCCCCCC(CCCCCCCC)CCCCCCCC. The predicted molar refractivity (Wildman–Crippen MR) is 227 cm³/mol. The van der Waals surface area contributed by atoms with Crippen molar-refractivity contribution in [3.8, 4) is 0 Å². The summed E-state index contributed by atoms with van der Waals surface area (Å²) in [6, 6.07) is 0. The molecule has 0 aromatic heterocycles. The van der Waals surface area contributed by atoms with Gasteiger partial charge < -0.3 is 14.4 Å². The second kappa shape index (κ2) is 47.1. The Morgan fingerprint density at radius 2 is 0.765 bits per heavy atom. The Balaban J connectivity index is 0. The molecular formula is C47H95NO3. The van der Waals surface area contributed by atoms with Crippen molar-refractivity contribution in [1.29, 1.82) is 0 Å². The lowest BCUT2D eigenvalue weighted by molar-refractivity contribution is -0.143. The van der Waals surface area contributed by atoms with Crippen LogP contribution in [0.2, 0.25) is 0 Å². The van der Waals surface area contributed by atoms with Gasteiger partial charge in [0, 0.05) is 6.42 Å². The van der Waals surface area contributed by atoms with Gasteiger partial charge in [-0.3, -0.25) is 4.79 Å². The van der Waals surface area contributed by atoms with Gasteiger partial charge in [-0.2, -0.15) is 0 Å². The van der Waals surface area contributed by atoms with Gasteiger partial charge >= 0.3 is 5.97 Å². The molecule has 0 bridgehead atoms. The molecule has 4 heteroatoms. The van der Waals surface area contributed by atoms with E-state index in [4.69, 9.17) is 9.53 Å². The van der Waals surface area contributed by atoms with Gasteiger partial charge in [-0.05, 0) is 64.6 Å². The zero-order valence-electron chi connectivity index (χ0n) is 35.9. The molecule has 0 heterocycles. The highest BCUT2D eigenvalue weighted by Crippen LogP contribution is 2.25. The molecular weight excluding hydrogens is 627 g/mol. The quantitative estimate of drug-likeness (QED) is 0.0358. The van der Waals surface area contributed by atoms with Crippen molar-refractivity contribution < 1.29 is 14.3 Å². The summed E-state index contributed by atoms with van der Waals surface area (Å²) in [5.74, 6) is 1.02. The Hall–Kier alpha value is -0.900. The predicted octanol–water partition coefficient (Wildman–Crippen LogP) is 15.4. The van der Waals surface area contributed by atoms with Crippen molar-refractivity contribution in [1.82, 2.24) is 4.90 Å². The molecule has 0 radical (unpaired) electrons. The minimum absolute atomic E-state index is 0.0212. The summed E-state index contributed by atoms with van der Waals surface area (Å²) < 4.78 is 5.45. The first kappa shape index (κ1) is 52.2. The number of nitrogens with zero attached hydrogens (tertiary/aromatic N) is 1. The highest BCUT2D eigenvalue weighted by molar-refractivity contribution is 5.69. The van der Waals surface area contributed by atoms with E-state index in [1.165, 1.54) is 232 Å². The Kier molecular flexibility index (Phi) is 48.2. The van der Waals surface area contributed by atoms with Crippen LogP contribution in [0.25, 0.3) is 0 Å². The number of hydrogen-bond donors (Lipinski definition) is 0. The van der Waals surface area contributed by atoms with Gasteiger partial charge in [0.1, 0.15) is 6.29 Å². The molecule has 4 nitrogen and oxygen atoms in total. The zero-order chi connectivity index (χ0) is 37.7. The van der Waals surface area contributed by atoms with Crippen molar-refractivity contribution in [2.24, 2.45) is 5.92 Å². The molecule has 306 valence electrons. The minimum atomic E-state index is 0.0212. The number of ether oxygens (including phenoxy) is 1. The smallest absolute Gasteiger partial charge is 0.305 e. The zero-order valence-corrected chi connectivity index (χ0v) is 35.9. The molecule has 0 aliphatic heterocycles. The highest BCUT2D eigenvalue weighted by atomic mass is 16.5. The molecule has 0 unspecified atom stereocenters. The maximum atomic E-state index is 12.0. The Bertz CT molecular complexity index is 637. The lowest BCUT2D eigenvalue weighted by atomic mass is 9.89. The first-order chi connectivity index (χ1) is 25.1. The molecule has 0 aliphatic carbocycles. The van der Waals surface area contributed by atoms with Gasteiger partial charge in [0.15, 0.2) is 0 Å². The monoisotopic (exact) mass is 722 g/mol. The van der Waals surface area contributed by atoms with Crippen LogP contribution in [0.4, 0.5) is 0 Å². The number of carbonyl (C=O) groups is 2. The second-order valence-electron chi connectivity index (χ2n) is 15.8. The third kappa shape index (κ3) is 45.2. The summed E-state index contributed by atoms with van der Waals surface area (Å²) in [5, 5.41) is 0. The van der Waals surface area contributed by atoms with E-state index >= 15 is 0 Å². The fourth-order valence-electron chi connectivity index (χ4n) is 7.33. The summed E-state index contributed by atoms with van der Waals surface area (Å²) in [5.41, 5.74) is 0. The molecule has 0 amide bonds. The fourth-order valence-corrected chi connectivity index (χ4v) is 7.33. The van der Waals surface area contributed by atoms with Crippen LogP contribution in [-0.2, 0) is 14.3 Å². The molecule has 0 spiro atoms. The Morgan fingerprint density at radius 3 is 1.18 bits per heavy atom. The summed E-state index contributed by atoms with van der Waals surface area (Å²) in [6.07, 6.45) is 47.8. The molecule has 0 saturated carbocycles. The second-order valence-corrected chi connectivity index (χ2v) is 15.8. The molecule has 0 saturated heterocycles. The summed E-state index contributed by atoms with van der Waals surface area (Å²) in [7, 11) is 0. The van der Waals surface area contributed by atoms with Gasteiger partial charge in [-0.1, -0.05) is 214 Å². The van der Waals surface area contributed by atoms with E-state index in [0.717, 1.165) is 25.0 Å². The van der Waals surface area contributed by atoms with Gasteiger partial charge in [0.05, 0.1) is 6.61 Å². The van der Waals surface area contributed by atoms with Crippen molar-refractivity contribution in [2.75, 3.05) is 26.2 Å². The van der Waals surface area contributed by atoms with Crippen LogP contribution in [0.1, 0.15) is 259 Å². The molecule has 0 aliphatic rings. The largest absolute Gasteiger partial charge is 0.466 e. The number of hydrogen-bond acceptors (Lipinski definition) is 4. The first-order valence-corrected chi connectivity index (χ1v) is 23.4. The van der Waals surface area contributed by atoms with Crippen LogP contribution in [0, 0.1) is 5.92 Å². The molecule has 0 N–H and O–H groups in total. The van der Waals surface area contributed by atoms with Gasteiger partial charge in [-0.15, -0.1) is 0 Å². The van der Waals surface area contributed by atoms with E-state index in [1.807, 2.05) is 0 Å². The molecule has 0 aromatic rings. The third-order valence-electron chi connectivity index (χ3n) is 10.7. The fraction of sp³-hybridized carbons (Fsp3) is 0.957. The summed E-state index contributed by atoms with van der Waals surface area (Å²) in [4.78, 5) is 23.6. The van der Waals surface area contributed by atoms with Gasteiger partial charge in [0.2, 0.25) is 0 Å². The lowest BCUT2D eigenvalue weighted by Crippen LogP contribution is -2.27. The van der Waals surface area contributed by atoms with E-state index in [2.05, 4.69) is 32.6 Å². The lowest BCUT2D eigenvalue weighted by Gasteiger charge is -2.22.